The summed E-state index contributed by atoms with van der Waals surface area (Å²) in [5.74, 6) is 0.328. The lowest BCUT2D eigenvalue weighted by Crippen LogP contribution is -2.52. The molecular formula is C9H17NO3S. The van der Waals surface area contributed by atoms with Crippen molar-refractivity contribution >= 4 is 10.0 Å². The second-order valence-corrected chi connectivity index (χ2v) is 6.50. The van der Waals surface area contributed by atoms with Gasteiger partial charge in [0, 0.05) is 13.1 Å². The van der Waals surface area contributed by atoms with Crippen LogP contribution in [0.3, 0.4) is 0 Å². The van der Waals surface area contributed by atoms with Gasteiger partial charge in [0.1, 0.15) is 0 Å². The number of nitrogens with zero attached hydrogens (tertiary/aromatic N) is 1. The number of fused-ring (bicyclic) bond motifs is 2. The van der Waals surface area contributed by atoms with E-state index in [0.29, 0.717) is 13.1 Å². The molecule has 0 aromatic heterocycles. The summed E-state index contributed by atoms with van der Waals surface area (Å²) in [5.41, 5.74) is 0. The molecule has 5 heteroatoms. The van der Waals surface area contributed by atoms with Crippen LogP contribution in [0.2, 0.25) is 0 Å². The van der Waals surface area contributed by atoms with Gasteiger partial charge in [0.15, 0.2) is 0 Å². The molecule has 1 aliphatic carbocycles. The number of aliphatic hydroxyl groups excluding tert-OH is 1. The second kappa shape index (κ2) is 3.47. The van der Waals surface area contributed by atoms with Crippen molar-refractivity contribution in [1.29, 1.82) is 0 Å². The van der Waals surface area contributed by atoms with Gasteiger partial charge in [-0.25, -0.2) is 12.7 Å². The van der Waals surface area contributed by atoms with Crippen LogP contribution >= 0.6 is 0 Å². The third-order valence-corrected chi connectivity index (χ3v) is 4.70. The third-order valence-electron chi connectivity index (χ3n) is 3.46. The van der Waals surface area contributed by atoms with Crippen LogP contribution in [0.15, 0.2) is 0 Å². The molecule has 0 radical (unpaired) electrons. The maximum Gasteiger partial charge on any atom is 0.211 e. The van der Waals surface area contributed by atoms with Gasteiger partial charge in [0.2, 0.25) is 10.0 Å². The molecule has 2 bridgehead atoms. The molecule has 0 spiro atoms. The fraction of sp³-hybridized carbons (Fsp3) is 1.00. The minimum Gasteiger partial charge on any atom is -0.392 e. The van der Waals surface area contributed by atoms with Crippen molar-refractivity contribution in [2.45, 2.75) is 25.4 Å². The van der Waals surface area contributed by atoms with Gasteiger partial charge in [-0.05, 0) is 24.7 Å². The molecule has 1 saturated heterocycles. The van der Waals surface area contributed by atoms with E-state index in [1.165, 1.54) is 10.6 Å². The molecule has 1 N–H and O–H groups in total. The van der Waals surface area contributed by atoms with Crippen LogP contribution in [-0.4, -0.2) is 43.3 Å². The minimum atomic E-state index is -3.07. The molecule has 1 saturated carbocycles. The van der Waals surface area contributed by atoms with Crippen molar-refractivity contribution in [2.75, 3.05) is 19.3 Å². The quantitative estimate of drug-likeness (QED) is 0.677. The Balaban J connectivity index is 2.15. The summed E-state index contributed by atoms with van der Waals surface area (Å²) in [4.78, 5) is 0. The number of aliphatic hydroxyl groups is 1. The van der Waals surface area contributed by atoms with E-state index in [9.17, 15) is 13.5 Å². The first-order valence-electron chi connectivity index (χ1n) is 5.11. The predicted molar refractivity (Wildman–Crippen MR) is 53.3 cm³/mol. The van der Waals surface area contributed by atoms with E-state index in [2.05, 4.69) is 0 Å². The lowest BCUT2D eigenvalue weighted by atomic mass is 9.76. The number of hydrogen-bond donors (Lipinski definition) is 1. The molecular weight excluding hydrogens is 202 g/mol. The standard InChI is InChI=1S/C9H17NO3S/c1-14(12,13)10-5-7-3-2-4-8(6-10)9(7)11/h7-9,11H,2-6H2,1H3. The van der Waals surface area contributed by atoms with E-state index >= 15 is 0 Å². The van der Waals surface area contributed by atoms with Crippen molar-refractivity contribution in [3.8, 4) is 0 Å². The highest BCUT2D eigenvalue weighted by Crippen LogP contribution is 2.35. The average Bonchev–Trinajstić information content (AvgIpc) is 2.00. The summed E-state index contributed by atoms with van der Waals surface area (Å²) >= 11 is 0. The lowest BCUT2D eigenvalue weighted by Gasteiger charge is -2.43. The third kappa shape index (κ3) is 1.81. The zero-order valence-electron chi connectivity index (χ0n) is 8.39. The van der Waals surface area contributed by atoms with Gasteiger partial charge in [0.05, 0.1) is 12.4 Å². The second-order valence-electron chi connectivity index (χ2n) is 4.52. The highest BCUT2D eigenvalue weighted by Gasteiger charge is 2.40. The molecule has 2 unspecified atom stereocenters. The Morgan fingerprint density at radius 2 is 1.71 bits per heavy atom. The minimum absolute atomic E-state index is 0.164. The summed E-state index contributed by atoms with van der Waals surface area (Å²) in [6, 6.07) is 0. The fourth-order valence-electron chi connectivity index (χ4n) is 2.64. The zero-order valence-corrected chi connectivity index (χ0v) is 9.20. The molecule has 2 atom stereocenters. The topological polar surface area (TPSA) is 57.6 Å². The summed E-state index contributed by atoms with van der Waals surface area (Å²) in [7, 11) is -3.07. The fourth-order valence-corrected chi connectivity index (χ4v) is 3.56. The highest BCUT2D eigenvalue weighted by atomic mass is 32.2. The Morgan fingerprint density at radius 1 is 1.21 bits per heavy atom. The molecule has 0 amide bonds. The molecule has 1 aliphatic heterocycles. The van der Waals surface area contributed by atoms with Gasteiger partial charge < -0.3 is 5.11 Å². The maximum absolute atomic E-state index is 11.4. The average molecular weight is 219 g/mol. The van der Waals surface area contributed by atoms with E-state index < -0.39 is 10.0 Å². The first-order valence-corrected chi connectivity index (χ1v) is 6.96. The lowest BCUT2D eigenvalue weighted by molar-refractivity contribution is -0.0268. The van der Waals surface area contributed by atoms with Crippen LogP contribution in [0.4, 0.5) is 0 Å². The summed E-state index contributed by atoms with van der Waals surface area (Å²) < 4.78 is 24.3. The van der Waals surface area contributed by atoms with Crippen LogP contribution in [0.25, 0.3) is 0 Å². The van der Waals surface area contributed by atoms with Gasteiger partial charge in [-0.15, -0.1) is 0 Å². The number of hydrogen-bond acceptors (Lipinski definition) is 3. The van der Waals surface area contributed by atoms with Crippen LogP contribution in [0, 0.1) is 11.8 Å². The molecule has 2 aliphatic rings. The van der Waals surface area contributed by atoms with Gasteiger partial charge in [0.25, 0.3) is 0 Å². The van der Waals surface area contributed by atoms with Crippen LogP contribution in [0.1, 0.15) is 19.3 Å². The molecule has 4 nitrogen and oxygen atoms in total. The predicted octanol–water partition coefficient (Wildman–Crippen LogP) is 0.0388. The van der Waals surface area contributed by atoms with Gasteiger partial charge >= 0.3 is 0 Å². The van der Waals surface area contributed by atoms with Gasteiger partial charge in [-0.3, -0.25) is 0 Å². The Morgan fingerprint density at radius 3 is 2.14 bits per heavy atom. The summed E-state index contributed by atoms with van der Waals surface area (Å²) in [6.07, 6.45) is 4.03. The van der Waals surface area contributed by atoms with Gasteiger partial charge in [-0.1, -0.05) is 6.42 Å². The smallest absolute Gasteiger partial charge is 0.211 e. The van der Waals surface area contributed by atoms with Crippen molar-refractivity contribution in [3.63, 3.8) is 0 Å². The molecule has 0 aromatic rings. The number of rotatable bonds is 1. The van der Waals surface area contributed by atoms with Gasteiger partial charge in [-0.2, -0.15) is 0 Å². The summed E-state index contributed by atoms with van der Waals surface area (Å²) in [5, 5.41) is 9.85. The monoisotopic (exact) mass is 219 g/mol. The maximum atomic E-state index is 11.4. The van der Waals surface area contributed by atoms with E-state index in [1.807, 2.05) is 0 Å². The molecule has 2 rings (SSSR count). The van der Waals surface area contributed by atoms with Crippen molar-refractivity contribution in [2.24, 2.45) is 11.8 Å². The normalized spacial score (nSPS) is 39.7. The van der Waals surface area contributed by atoms with E-state index in [4.69, 9.17) is 0 Å². The van der Waals surface area contributed by atoms with Crippen molar-refractivity contribution < 1.29 is 13.5 Å². The van der Waals surface area contributed by atoms with Crippen LogP contribution < -0.4 is 0 Å². The number of sulfonamides is 1. The van der Waals surface area contributed by atoms with Crippen molar-refractivity contribution in [3.05, 3.63) is 0 Å². The SMILES string of the molecule is CS(=O)(=O)N1CC2CCCC(C1)C2O. The molecule has 2 fully saturated rings. The Labute approximate surface area is 85.0 Å². The van der Waals surface area contributed by atoms with Crippen LogP contribution in [-0.2, 0) is 10.0 Å². The zero-order chi connectivity index (χ0) is 10.3. The molecule has 1 heterocycles. The Kier molecular flexibility index (Phi) is 2.57. The molecule has 82 valence electrons. The molecule has 0 aromatic carbocycles. The Hall–Kier alpha value is -0.130. The van der Waals surface area contributed by atoms with E-state index in [1.54, 1.807) is 0 Å². The van der Waals surface area contributed by atoms with Crippen molar-refractivity contribution in [1.82, 2.24) is 4.31 Å². The van der Waals surface area contributed by atoms with Crippen LogP contribution in [0.5, 0.6) is 0 Å². The molecule has 14 heavy (non-hydrogen) atoms. The first-order chi connectivity index (χ1) is 6.48. The van der Waals surface area contributed by atoms with E-state index in [0.717, 1.165) is 19.3 Å². The highest BCUT2D eigenvalue weighted by molar-refractivity contribution is 7.88. The largest absolute Gasteiger partial charge is 0.392 e. The number of piperidine rings is 1. The Bertz CT molecular complexity index is 300. The van der Waals surface area contributed by atoms with E-state index in [-0.39, 0.29) is 17.9 Å². The summed E-state index contributed by atoms with van der Waals surface area (Å²) in [6.45, 7) is 1.02. The first kappa shape index (κ1) is 10.4.